The number of ether oxygens (including phenoxy) is 1. The van der Waals surface area contributed by atoms with Gasteiger partial charge in [0.15, 0.2) is 0 Å². The van der Waals surface area contributed by atoms with Crippen molar-refractivity contribution in [3.8, 4) is 5.75 Å². The summed E-state index contributed by atoms with van der Waals surface area (Å²) in [4.78, 5) is 25.3. The normalized spacial score (nSPS) is 15.8. The molecule has 6 nitrogen and oxygen atoms in total. The number of para-hydroxylation sites is 1. The minimum atomic E-state index is -0.420. The molecule has 130 valence electrons. The molecule has 0 fully saturated rings. The summed E-state index contributed by atoms with van der Waals surface area (Å²) >= 11 is 0. The van der Waals surface area contributed by atoms with Gasteiger partial charge in [0, 0.05) is 30.8 Å². The van der Waals surface area contributed by atoms with E-state index in [-0.39, 0.29) is 17.5 Å². The molecule has 1 atom stereocenters. The topological polar surface area (TPSA) is 72.7 Å². The maximum atomic E-state index is 13.1. The minimum absolute atomic E-state index is 0.0322. The summed E-state index contributed by atoms with van der Waals surface area (Å²) in [6, 6.07) is 14.0. The van der Waals surface area contributed by atoms with Crippen LogP contribution in [0.4, 0.5) is 5.69 Å². The Morgan fingerprint density at radius 3 is 2.84 bits per heavy atom. The first kappa shape index (κ1) is 17.0. The number of carbonyl (C=O) groups excluding carboxylic acids is 1. The largest absolute Gasteiger partial charge is 0.493 e. The third kappa shape index (κ3) is 3.63. The van der Waals surface area contributed by atoms with Crippen LogP contribution in [0.2, 0.25) is 0 Å². The first-order chi connectivity index (χ1) is 12.1. The van der Waals surface area contributed by atoms with Gasteiger partial charge in [0.2, 0.25) is 5.91 Å². The predicted molar refractivity (Wildman–Crippen MR) is 93.5 cm³/mol. The van der Waals surface area contributed by atoms with Gasteiger partial charge in [-0.05, 0) is 25.0 Å². The third-order valence-corrected chi connectivity index (χ3v) is 4.44. The summed E-state index contributed by atoms with van der Waals surface area (Å²) in [5, 5.41) is 10.9. The number of nitro groups is 1. The maximum absolute atomic E-state index is 13.1. The highest BCUT2D eigenvalue weighted by atomic mass is 16.6. The number of hydrogen-bond donors (Lipinski definition) is 0. The monoisotopic (exact) mass is 340 g/mol. The van der Waals surface area contributed by atoms with Crippen LogP contribution in [0.1, 0.15) is 30.4 Å². The fraction of sp³-hybridized carbons (Fsp3) is 0.316. The molecule has 6 heteroatoms. The van der Waals surface area contributed by atoms with Crippen molar-refractivity contribution in [2.75, 3.05) is 13.2 Å². The molecular weight excluding hydrogens is 320 g/mol. The van der Waals surface area contributed by atoms with Crippen molar-refractivity contribution >= 4 is 11.6 Å². The molecule has 0 saturated heterocycles. The van der Waals surface area contributed by atoms with Crippen LogP contribution in [-0.4, -0.2) is 28.9 Å². The van der Waals surface area contributed by atoms with E-state index in [1.54, 1.807) is 17.0 Å². The van der Waals surface area contributed by atoms with E-state index in [0.717, 1.165) is 16.9 Å². The van der Waals surface area contributed by atoms with Gasteiger partial charge in [-0.25, -0.2) is 0 Å². The number of nitro benzene ring substituents is 1. The zero-order chi connectivity index (χ0) is 17.8. The highest BCUT2D eigenvalue weighted by molar-refractivity contribution is 5.84. The predicted octanol–water partition coefficient (Wildman–Crippen LogP) is 3.51. The second-order valence-electron chi connectivity index (χ2n) is 6.01. The number of benzene rings is 2. The highest BCUT2D eigenvalue weighted by Crippen LogP contribution is 2.34. The number of nitrogens with zero attached hydrogens (tertiary/aromatic N) is 2. The van der Waals surface area contributed by atoms with Gasteiger partial charge in [-0.3, -0.25) is 14.9 Å². The molecule has 0 N–H and O–H groups in total. The van der Waals surface area contributed by atoms with Crippen molar-refractivity contribution in [1.82, 2.24) is 4.90 Å². The standard InChI is InChI=1S/C19H20N2O4/c1-2-20(13-14-6-5-7-15(12-14)21(23)24)19(22)17-10-11-25-18-9-4-3-8-16(17)18/h3-9,12,17H,2,10-11,13H2,1H3/t17-/m1/s1. The van der Waals surface area contributed by atoms with Gasteiger partial charge in [0.25, 0.3) is 5.69 Å². The van der Waals surface area contributed by atoms with E-state index in [1.165, 1.54) is 12.1 Å². The smallest absolute Gasteiger partial charge is 0.269 e. The number of amides is 1. The van der Waals surface area contributed by atoms with Crippen molar-refractivity contribution in [1.29, 1.82) is 0 Å². The number of carbonyl (C=O) groups is 1. The van der Waals surface area contributed by atoms with Crippen LogP contribution in [0.15, 0.2) is 48.5 Å². The SMILES string of the molecule is CCN(Cc1cccc([N+](=O)[O-])c1)C(=O)[C@@H]1CCOc2ccccc21. The maximum Gasteiger partial charge on any atom is 0.269 e. The van der Waals surface area contributed by atoms with Gasteiger partial charge in [-0.15, -0.1) is 0 Å². The van der Waals surface area contributed by atoms with Crippen LogP contribution in [0, 0.1) is 10.1 Å². The van der Waals surface area contributed by atoms with Gasteiger partial charge in [0.05, 0.1) is 17.4 Å². The first-order valence-corrected chi connectivity index (χ1v) is 8.34. The summed E-state index contributed by atoms with van der Waals surface area (Å²) < 4.78 is 5.63. The lowest BCUT2D eigenvalue weighted by atomic mass is 9.91. The number of fused-ring (bicyclic) bond motifs is 1. The van der Waals surface area contributed by atoms with Gasteiger partial charge in [-0.2, -0.15) is 0 Å². The van der Waals surface area contributed by atoms with Crippen molar-refractivity contribution in [2.45, 2.75) is 25.8 Å². The summed E-state index contributed by atoms with van der Waals surface area (Å²) in [7, 11) is 0. The molecule has 1 aliphatic rings. The summed E-state index contributed by atoms with van der Waals surface area (Å²) in [5.41, 5.74) is 1.71. The Kier molecular flexibility index (Phi) is 4.97. The van der Waals surface area contributed by atoms with Crippen LogP contribution in [-0.2, 0) is 11.3 Å². The molecule has 0 spiro atoms. The van der Waals surface area contributed by atoms with Crippen molar-refractivity contribution < 1.29 is 14.5 Å². The average molecular weight is 340 g/mol. The lowest BCUT2D eigenvalue weighted by Crippen LogP contribution is -2.36. The van der Waals surface area contributed by atoms with Gasteiger partial charge < -0.3 is 9.64 Å². The zero-order valence-electron chi connectivity index (χ0n) is 14.1. The average Bonchev–Trinajstić information content (AvgIpc) is 2.65. The fourth-order valence-electron chi connectivity index (χ4n) is 3.15. The number of rotatable bonds is 5. The molecular formula is C19H20N2O4. The fourth-order valence-corrected chi connectivity index (χ4v) is 3.15. The van der Waals surface area contributed by atoms with E-state index in [1.807, 2.05) is 31.2 Å². The van der Waals surface area contributed by atoms with Crippen LogP contribution in [0.3, 0.4) is 0 Å². The second-order valence-corrected chi connectivity index (χ2v) is 6.01. The van der Waals surface area contributed by atoms with Gasteiger partial charge >= 0.3 is 0 Å². The molecule has 0 aliphatic carbocycles. The van der Waals surface area contributed by atoms with E-state index < -0.39 is 4.92 Å². The molecule has 2 aromatic carbocycles. The molecule has 0 radical (unpaired) electrons. The zero-order valence-corrected chi connectivity index (χ0v) is 14.1. The summed E-state index contributed by atoms with van der Waals surface area (Å²) in [5.74, 6) is 0.562. The Labute approximate surface area is 146 Å². The molecule has 1 amide bonds. The van der Waals surface area contributed by atoms with Crippen LogP contribution < -0.4 is 4.74 Å². The Balaban J connectivity index is 1.81. The van der Waals surface area contributed by atoms with E-state index >= 15 is 0 Å². The van der Waals surface area contributed by atoms with Crippen molar-refractivity contribution in [3.05, 3.63) is 69.8 Å². The van der Waals surface area contributed by atoms with Crippen LogP contribution in [0.25, 0.3) is 0 Å². The number of non-ortho nitro benzene ring substituents is 1. The molecule has 0 saturated carbocycles. The highest BCUT2D eigenvalue weighted by Gasteiger charge is 2.30. The van der Waals surface area contributed by atoms with E-state index in [9.17, 15) is 14.9 Å². The minimum Gasteiger partial charge on any atom is -0.493 e. The Bertz CT molecular complexity index is 790. The molecule has 0 unspecified atom stereocenters. The van der Waals surface area contributed by atoms with Crippen LogP contribution >= 0.6 is 0 Å². The van der Waals surface area contributed by atoms with E-state index in [2.05, 4.69) is 0 Å². The molecule has 1 aliphatic heterocycles. The third-order valence-electron chi connectivity index (χ3n) is 4.44. The second kappa shape index (κ2) is 7.34. The lowest BCUT2D eigenvalue weighted by Gasteiger charge is -2.30. The molecule has 25 heavy (non-hydrogen) atoms. The van der Waals surface area contributed by atoms with E-state index in [0.29, 0.717) is 26.1 Å². The Morgan fingerprint density at radius 1 is 1.28 bits per heavy atom. The number of likely N-dealkylation sites (N-methyl/N-ethyl adjacent to an activating group) is 1. The Hall–Kier alpha value is -2.89. The van der Waals surface area contributed by atoms with Crippen molar-refractivity contribution in [3.63, 3.8) is 0 Å². The van der Waals surface area contributed by atoms with E-state index in [4.69, 9.17) is 4.74 Å². The van der Waals surface area contributed by atoms with Gasteiger partial charge in [0.1, 0.15) is 5.75 Å². The molecule has 2 aromatic rings. The quantitative estimate of drug-likeness (QED) is 0.617. The first-order valence-electron chi connectivity index (χ1n) is 8.34. The summed E-state index contributed by atoms with van der Waals surface area (Å²) in [6.45, 7) is 3.33. The molecule has 1 heterocycles. The molecule has 0 aromatic heterocycles. The van der Waals surface area contributed by atoms with Crippen molar-refractivity contribution in [2.24, 2.45) is 0 Å². The molecule has 0 bridgehead atoms. The Morgan fingerprint density at radius 2 is 2.08 bits per heavy atom. The summed E-state index contributed by atoms with van der Waals surface area (Å²) in [6.07, 6.45) is 0.640. The lowest BCUT2D eigenvalue weighted by molar-refractivity contribution is -0.384. The van der Waals surface area contributed by atoms with Gasteiger partial charge in [-0.1, -0.05) is 30.3 Å². The molecule has 3 rings (SSSR count). The number of hydrogen-bond acceptors (Lipinski definition) is 4. The van der Waals surface area contributed by atoms with Crippen LogP contribution in [0.5, 0.6) is 5.75 Å².